The zero-order chi connectivity index (χ0) is 14.7. The fourth-order valence-corrected chi connectivity index (χ4v) is 2.44. The van der Waals surface area contributed by atoms with Crippen LogP contribution in [0.5, 0.6) is 0 Å². The van der Waals surface area contributed by atoms with E-state index in [-0.39, 0.29) is 19.2 Å². The predicted octanol–water partition coefficient (Wildman–Crippen LogP) is 1.01. The number of aliphatic hydroxyl groups excluding tert-OH is 1. The maximum absolute atomic E-state index is 11.6. The summed E-state index contributed by atoms with van der Waals surface area (Å²) in [5, 5.41) is 22.4. The molecule has 1 aliphatic rings. The number of hydrogen-bond donors (Lipinski definition) is 3. The fourth-order valence-electron chi connectivity index (χ4n) is 2.44. The number of aryl methyl sites for hydroxylation is 1. The lowest BCUT2D eigenvalue weighted by Gasteiger charge is -2.08. The van der Waals surface area contributed by atoms with E-state index in [1.54, 1.807) is 0 Å². The minimum Gasteiger partial charge on any atom is -0.395 e. The highest BCUT2D eigenvalue weighted by Crippen LogP contribution is 2.25. The number of hydrogen-bond acceptors (Lipinski definition) is 4. The molecule has 0 saturated heterocycles. The number of nitrogens with one attached hydrogen (secondary N) is 2. The third-order valence-electron chi connectivity index (χ3n) is 3.39. The van der Waals surface area contributed by atoms with Gasteiger partial charge in [-0.1, -0.05) is 12.1 Å². The molecule has 0 aliphatic carbocycles. The molecule has 1 aromatic heterocycles. The molecule has 7 nitrogen and oxygen atoms in total. The zero-order valence-corrected chi connectivity index (χ0v) is 11.5. The molecule has 0 fully saturated rings. The van der Waals surface area contributed by atoms with Gasteiger partial charge in [0.25, 0.3) is 0 Å². The van der Waals surface area contributed by atoms with Crippen molar-refractivity contribution in [3.8, 4) is 11.4 Å². The first-order valence-electron chi connectivity index (χ1n) is 6.96. The molecule has 3 N–H and O–H groups in total. The van der Waals surface area contributed by atoms with Crippen molar-refractivity contribution in [1.82, 2.24) is 20.1 Å². The number of urea groups is 1. The van der Waals surface area contributed by atoms with Gasteiger partial charge in [0.15, 0.2) is 5.82 Å². The average Bonchev–Trinajstić information content (AvgIpc) is 3.08. The molecule has 3 rings (SSSR count). The quantitative estimate of drug-likeness (QED) is 0.782. The molecule has 0 spiro atoms. The van der Waals surface area contributed by atoms with Crippen molar-refractivity contribution < 1.29 is 9.90 Å². The topological polar surface area (TPSA) is 92.1 Å². The zero-order valence-electron chi connectivity index (χ0n) is 11.5. The summed E-state index contributed by atoms with van der Waals surface area (Å²) in [6.45, 7) is 1.08. The van der Waals surface area contributed by atoms with E-state index in [9.17, 15) is 4.79 Å². The number of carbonyl (C=O) groups is 1. The molecule has 1 aliphatic heterocycles. The molecule has 2 amide bonds. The van der Waals surface area contributed by atoms with Gasteiger partial charge in [0.05, 0.1) is 6.61 Å². The Hall–Kier alpha value is -2.41. The second-order valence-electron chi connectivity index (χ2n) is 4.88. The van der Waals surface area contributed by atoms with Crippen LogP contribution in [0, 0.1) is 0 Å². The molecule has 110 valence electrons. The van der Waals surface area contributed by atoms with Crippen molar-refractivity contribution in [3.63, 3.8) is 0 Å². The highest BCUT2D eigenvalue weighted by atomic mass is 16.3. The van der Waals surface area contributed by atoms with E-state index >= 15 is 0 Å². The van der Waals surface area contributed by atoms with Gasteiger partial charge in [-0.2, -0.15) is 0 Å². The number of rotatable bonds is 4. The first kappa shape index (κ1) is 13.6. The summed E-state index contributed by atoms with van der Waals surface area (Å²) in [4.78, 5) is 11.6. The van der Waals surface area contributed by atoms with Crippen LogP contribution in [0.25, 0.3) is 11.4 Å². The Morgan fingerprint density at radius 2 is 2.29 bits per heavy atom. The lowest BCUT2D eigenvalue weighted by atomic mass is 10.2. The standard InChI is InChI=1S/C14H17N5O2/c20-8-6-15-14(21)16-11-4-1-3-10(9-11)13-18-17-12-5-2-7-19(12)13/h1,3-4,9,20H,2,5-8H2,(H2,15,16,21). The van der Waals surface area contributed by atoms with Crippen molar-refractivity contribution >= 4 is 11.7 Å². The third-order valence-corrected chi connectivity index (χ3v) is 3.39. The molecule has 7 heteroatoms. The Balaban J connectivity index is 1.78. The van der Waals surface area contributed by atoms with E-state index in [0.717, 1.165) is 36.6 Å². The van der Waals surface area contributed by atoms with E-state index in [1.807, 2.05) is 24.3 Å². The van der Waals surface area contributed by atoms with Crippen LogP contribution in [0.1, 0.15) is 12.2 Å². The van der Waals surface area contributed by atoms with Crippen molar-refractivity contribution in [1.29, 1.82) is 0 Å². The van der Waals surface area contributed by atoms with E-state index in [4.69, 9.17) is 5.11 Å². The van der Waals surface area contributed by atoms with Gasteiger partial charge in [0.2, 0.25) is 0 Å². The van der Waals surface area contributed by atoms with Crippen LogP contribution in [-0.2, 0) is 13.0 Å². The summed E-state index contributed by atoms with van der Waals surface area (Å²) >= 11 is 0. The lowest BCUT2D eigenvalue weighted by Crippen LogP contribution is -2.30. The molecular formula is C14H17N5O2. The molecule has 0 saturated carbocycles. The molecule has 1 aromatic carbocycles. The van der Waals surface area contributed by atoms with Crippen LogP contribution in [0.3, 0.4) is 0 Å². The molecule has 0 bridgehead atoms. The monoisotopic (exact) mass is 287 g/mol. The molecule has 0 unspecified atom stereocenters. The Labute approximate surface area is 122 Å². The SMILES string of the molecule is O=C(NCCO)Nc1cccc(-c2nnc3n2CCC3)c1. The van der Waals surface area contributed by atoms with Crippen molar-refractivity contribution in [2.75, 3.05) is 18.5 Å². The minimum absolute atomic E-state index is 0.0840. The van der Waals surface area contributed by atoms with E-state index in [0.29, 0.717) is 5.69 Å². The Morgan fingerprint density at radius 3 is 3.14 bits per heavy atom. The third kappa shape index (κ3) is 2.87. The lowest BCUT2D eigenvalue weighted by molar-refractivity contribution is 0.245. The maximum Gasteiger partial charge on any atom is 0.319 e. The Bertz CT molecular complexity index is 653. The predicted molar refractivity (Wildman–Crippen MR) is 77.9 cm³/mol. The Morgan fingerprint density at radius 1 is 1.38 bits per heavy atom. The van der Waals surface area contributed by atoms with Crippen LogP contribution in [0.15, 0.2) is 24.3 Å². The van der Waals surface area contributed by atoms with Crippen LogP contribution in [0.2, 0.25) is 0 Å². The number of anilines is 1. The molecule has 21 heavy (non-hydrogen) atoms. The minimum atomic E-state index is -0.340. The molecule has 2 aromatic rings. The number of benzene rings is 1. The largest absolute Gasteiger partial charge is 0.395 e. The van der Waals surface area contributed by atoms with Gasteiger partial charge in [0, 0.05) is 30.8 Å². The van der Waals surface area contributed by atoms with Crippen LogP contribution in [-0.4, -0.2) is 39.1 Å². The maximum atomic E-state index is 11.6. The van der Waals surface area contributed by atoms with Crippen LogP contribution < -0.4 is 10.6 Å². The van der Waals surface area contributed by atoms with E-state index < -0.39 is 0 Å². The van der Waals surface area contributed by atoms with Gasteiger partial charge >= 0.3 is 6.03 Å². The summed E-state index contributed by atoms with van der Waals surface area (Å²) in [5.74, 6) is 1.85. The van der Waals surface area contributed by atoms with Crippen molar-refractivity contribution in [3.05, 3.63) is 30.1 Å². The van der Waals surface area contributed by atoms with Gasteiger partial charge in [0.1, 0.15) is 5.82 Å². The number of fused-ring (bicyclic) bond motifs is 1. The van der Waals surface area contributed by atoms with Crippen molar-refractivity contribution in [2.24, 2.45) is 0 Å². The fraction of sp³-hybridized carbons (Fsp3) is 0.357. The number of amides is 2. The summed E-state index contributed by atoms with van der Waals surface area (Å²) < 4.78 is 2.12. The van der Waals surface area contributed by atoms with Crippen LogP contribution >= 0.6 is 0 Å². The molecule has 0 radical (unpaired) electrons. The van der Waals surface area contributed by atoms with E-state index in [1.165, 1.54) is 0 Å². The highest BCUT2D eigenvalue weighted by molar-refractivity contribution is 5.89. The molecule has 2 heterocycles. The van der Waals surface area contributed by atoms with E-state index in [2.05, 4.69) is 25.4 Å². The first-order valence-corrected chi connectivity index (χ1v) is 6.96. The summed E-state index contributed by atoms with van der Waals surface area (Å²) in [6, 6.07) is 7.16. The Kier molecular flexibility index (Phi) is 3.83. The van der Waals surface area contributed by atoms with Gasteiger partial charge in [-0.15, -0.1) is 10.2 Å². The number of aromatic nitrogens is 3. The number of nitrogens with zero attached hydrogens (tertiary/aromatic N) is 3. The number of carbonyl (C=O) groups excluding carboxylic acids is 1. The molecule has 0 atom stereocenters. The van der Waals surface area contributed by atoms with Crippen molar-refractivity contribution in [2.45, 2.75) is 19.4 Å². The average molecular weight is 287 g/mol. The first-order chi connectivity index (χ1) is 10.3. The smallest absolute Gasteiger partial charge is 0.319 e. The highest BCUT2D eigenvalue weighted by Gasteiger charge is 2.18. The number of aliphatic hydroxyl groups is 1. The summed E-state index contributed by atoms with van der Waals surface area (Å²) in [7, 11) is 0. The van der Waals surface area contributed by atoms with Gasteiger partial charge in [-0.25, -0.2) is 4.79 Å². The normalized spacial score (nSPS) is 13.0. The second kappa shape index (κ2) is 5.92. The van der Waals surface area contributed by atoms with Gasteiger partial charge < -0.3 is 20.3 Å². The van der Waals surface area contributed by atoms with Gasteiger partial charge in [-0.05, 0) is 18.6 Å². The summed E-state index contributed by atoms with van der Waals surface area (Å²) in [6.07, 6.45) is 2.06. The van der Waals surface area contributed by atoms with Gasteiger partial charge in [-0.3, -0.25) is 0 Å². The summed E-state index contributed by atoms with van der Waals surface area (Å²) in [5.41, 5.74) is 1.61. The second-order valence-corrected chi connectivity index (χ2v) is 4.88. The molecular weight excluding hydrogens is 270 g/mol. The van der Waals surface area contributed by atoms with Crippen LogP contribution in [0.4, 0.5) is 10.5 Å².